The van der Waals surface area contributed by atoms with E-state index in [2.05, 4.69) is 16.3 Å². The lowest BCUT2D eigenvalue weighted by atomic mass is 9.99. The molecule has 0 amide bonds. The lowest BCUT2D eigenvalue weighted by Gasteiger charge is -2.33. The Morgan fingerprint density at radius 1 is 1.30 bits per heavy atom. The highest BCUT2D eigenvalue weighted by Gasteiger charge is 2.35. The van der Waals surface area contributed by atoms with Gasteiger partial charge in [-0.05, 0) is 44.9 Å². The normalized spacial score (nSPS) is 26.2. The van der Waals surface area contributed by atoms with Crippen molar-refractivity contribution >= 4 is 11.4 Å². The zero-order valence-electron chi connectivity index (χ0n) is 12.3. The number of nitrogens with two attached hydrogens (primary N) is 1. The van der Waals surface area contributed by atoms with Gasteiger partial charge in [0.1, 0.15) is 5.75 Å². The first-order chi connectivity index (χ1) is 9.78. The molecule has 4 heteroatoms. The van der Waals surface area contributed by atoms with E-state index in [0.29, 0.717) is 24.4 Å². The average Bonchev–Trinajstić information content (AvgIpc) is 2.86. The first-order valence-electron chi connectivity index (χ1n) is 7.81. The van der Waals surface area contributed by atoms with Crippen LogP contribution in [0.3, 0.4) is 0 Å². The van der Waals surface area contributed by atoms with Gasteiger partial charge in [-0.15, -0.1) is 0 Å². The minimum absolute atomic E-state index is 0.563. The van der Waals surface area contributed by atoms with Gasteiger partial charge in [0.15, 0.2) is 0 Å². The van der Waals surface area contributed by atoms with E-state index in [1.54, 1.807) is 0 Å². The number of benzene rings is 1. The Balaban J connectivity index is 1.69. The van der Waals surface area contributed by atoms with Crippen molar-refractivity contribution in [1.82, 2.24) is 4.90 Å². The number of nitrogen functional groups attached to an aromatic ring is 1. The molecule has 0 saturated carbocycles. The monoisotopic (exact) mass is 275 g/mol. The Labute approximate surface area is 121 Å². The molecule has 3 rings (SSSR count). The van der Waals surface area contributed by atoms with Gasteiger partial charge in [0.25, 0.3) is 0 Å². The van der Waals surface area contributed by atoms with Crippen molar-refractivity contribution in [3.8, 4) is 5.75 Å². The van der Waals surface area contributed by atoms with Crippen LogP contribution >= 0.6 is 0 Å². The van der Waals surface area contributed by atoms with E-state index in [-0.39, 0.29) is 0 Å². The summed E-state index contributed by atoms with van der Waals surface area (Å²) in [7, 11) is 0. The van der Waals surface area contributed by atoms with E-state index in [1.807, 2.05) is 19.1 Å². The lowest BCUT2D eigenvalue weighted by molar-refractivity contribution is 0.193. The fourth-order valence-corrected chi connectivity index (χ4v) is 3.53. The molecule has 3 N–H and O–H groups in total. The summed E-state index contributed by atoms with van der Waals surface area (Å²) in [6.07, 6.45) is 5.29. The van der Waals surface area contributed by atoms with Crippen LogP contribution in [0.15, 0.2) is 18.2 Å². The number of ether oxygens (including phenoxy) is 1. The first kappa shape index (κ1) is 13.6. The molecule has 20 heavy (non-hydrogen) atoms. The van der Waals surface area contributed by atoms with Crippen molar-refractivity contribution in [2.75, 3.05) is 30.7 Å². The van der Waals surface area contributed by atoms with E-state index < -0.39 is 0 Å². The number of fused-ring (bicyclic) bond motifs is 1. The summed E-state index contributed by atoms with van der Waals surface area (Å²) in [6.45, 7) is 5.13. The van der Waals surface area contributed by atoms with E-state index in [4.69, 9.17) is 10.5 Å². The molecule has 2 fully saturated rings. The van der Waals surface area contributed by atoms with Crippen LogP contribution in [-0.4, -0.2) is 36.7 Å². The number of hydrogen-bond donors (Lipinski definition) is 2. The number of nitrogens with zero attached hydrogens (tertiary/aromatic N) is 1. The zero-order chi connectivity index (χ0) is 13.9. The van der Waals surface area contributed by atoms with E-state index in [1.165, 1.54) is 38.8 Å². The Bertz CT molecular complexity index is 463. The highest BCUT2D eigenvalue weighted by molar-refractivity contribution is 5.61. The summed E-state index contributed by atoms with van der Waals surface area (Å²) in [5.74, 6) is 0.788. The highest BCUT2D eigenvalue weighted by atomic mass is 16.5. The SMILES string of the molecule is CCOc1cc(NC2CCN3CCCCC23)ccc1N. The predicted octanol–water partition coefficient (Wildman–Crippen LogP) is 2.71. The summed E-state index contributed by atoms with van der Waals surface area (Å²) in [4.78, 5) is 2.64. The fourth-order valence-electron chi connectivity index (χ4n) is 3.53. The molecule has 1 aromatic carbocycles. The molecular formula is C16H25N3O. The molecule has 2 aliphatic rings. The minimum atomic E-state index is 0.563. The van der Waals surface area contributed by atoms with Crippen molar-refractivity contribution in [2.24, 2.45) is 0 Å². The third-order valence-corrected chi connectivity index (χ3v) is 4.52. The smallest absolute Gasteiger partial charge is 0.144 e. The maximum absolute atomic E-state index is 5.93. The van der Waals surface area contributed by atoms with Crippen LogP contribution in [0.25, 0.3) is 0 Å². The minimum Gasteiger partial charge on any atom is -0.492 e. The van der Waals surface area contributed by atoms with Crippen molar-refractivity contribution in [2.45, 2.75) is 44.7 Å². The zero-order valence-corrected chi connectivity index (χ0v) is 12.3. The topological polar surface area (TPSA) is 50.5 Å². The number of anilines is 2. The summed E-state index contributed by atoms with van der Waals surface area (Å²) in [6, 6.07) is 7.29. The molecule has 4 nitrogen and oxygen atoms in total. The molecule has 0 bridgehead atoms. The molecule has 0 aliphatic carbocycles. The van der Waals surface area contributed by atoms with Crippen molar-refractivity contribution in [3.63, 3.8) is 0 Å². The highest BCUT2D eigenvalue weighted by Crippen LogP contribution is 2.31. The Kier molecular flexibility index (Phi) is 4.01. The van der Waals surface area contributed by atoms with Gasteiger partial charge in [0.2, 0.25) is 0 Å². The third kappa shape index (κ3) is 2.70. The predicted molar refractivity (Wildman–Crippen MR) is 83.3 cm³/mol. The first-order valence-corrected chi connectivity index (χ1v) is 7.81. The van der Waals surface area contributed by atoms with E-state index in [9.17, 15) is 0 Å². The second-order valence-corrected chi connectivity index (χ2v) is 5.82. The van der Waals surface area contributed by atoms with Gasteiger partial charge < -0.3 is 15.8 Å². The molecule has 2 aliphatic heterocycles. The van der Waals surface area contributed by atoms with Crippen LogP contribution in [0.2, 0.25) is 0 Å². The number of rotatable bonds is 4. The van der Waals surface area contributed by atoms with Gasteiger partial charge in [-0.3, -0.25) is 4.90 Å². The van der Waals surface area contributed by atoms with Gasteiger partial charge in [-0.2, -0.15) is 0 Å². The van der Waals surface area contributed by atoms with Crippen molar-refractivity contribution in [3.05, 3.63) is 18.2 Å². The molecule has 2 unspecified atom stereocenters. The van der Waals surface area contributed by atoms with E-state index in [0.717, 1.165) is 11.4 Å². The number of nitrogens with one attached hydrogen (secondary N) is 1. The van der Waals surface area contributed by atoms with Crippen molar-refractivity contribution in [1.29, 1.82) is 0 Å². The van der Waals surface area contributed by atoms with Crippen LogP contribution in [-0.2, 0) is 0 Å². The van der Waals surface area contributed by atoms with Crippen LogP contribution in [0.1, 0.15) is 32.6 Å². The largest absolute Gasteiger partial charge is 0.492 e. The standard InChI is InChI=1S/C16H25N3O/c1-2-20-16-11-12(6-7-13(16)17)18-14-8-10-19-9-4-3-5-15(14)19/h6-7,11,14-15,18H,2-5,8-10,17H2,1H3. The van der Waals surface area contributed by atoms with Crippen molar-refractivity contribution < 1.29 is 4.74 Å². The maximum Gasteiger partial charge on any atom is 0.144 e. The summed E-state index contributed by atoms with van der Waals surface area (Å²) >= 11 is 0. The quantitative estimate of drug-likeness (QED) is 0.830. The molecule has 0 radical (unpaired) electrons. The Hall–Kier alpha value is -1.42. The summed E-state index contributed by atoms with van der Waals surface area (Å²) < 4.78 is 5.57. The fraction of sp³-hybridized carbons (Fsp3) is 0.625. The van der Waals surface area contributed by atoms with E-state index >= 15 is 0 Å². The molecule has 2 saturated heterocycles. The molecule has 0 aromatic heterocycles. The van der Waals surface area contributed by atoms with Crippen LogP contribution in [0, 0.1) is 0 Å². The molecule has 0 spiro atoms. The Morgan fingerprint density at radius 2 is 2.20 bits per heavy atom. The van der Waals surface area contributed by atoms with Gasteiger partial charge in [0.05, 0.1) is 12.3 Å². The number of piperidine rings is 1. The van der Waals surface area contributed by atoms with Gasteiger partial charge >= 0.3 is 0 Å². The van der Waals surface area contributed by atoms with Gasteiger partial charge in [-0.25, -0.2) is 0 Å². The molecule has 2 atom stereocenters. The maximum atomic E-state index is 5.93. The second kappa shape index (κ2) is 5.92. The van der Waals surface area contributed by atoms with Gasteiger partial charge in [-0.1, -0.05) is 6.42 Å². The summed E-state index contributed by atoms with van der Waals surface area (Å²) in [5, 5.41) is 3.69. The van der Waals surface area contributed by atoms with Crippen LogP contribution < -0.4 is 15.8 Å². The molecular weight excluding hydrogens is 250 g/mol. The average molecular weight is 275 g/mol. The Morgan fingerprint density at radius 3 is 3.05 bits per heavy atom. The summed E-state index contributed by atoms with van der Waals surface area (Å²) in [5.41, 5.74) is 7.77. The third-order valence-electron chi connectivity index (χ3n) is 4.52. The van der Waals surface area contributed by atoms with Crippen LogP contribution in [0.4, 0.5) is 11.4 Å². The van der Waals surface area contributed by atoms with Gasteiger partial charge in [0, 0.05) is 30.4 Å². The molecule has 110 valence electrons. The number of hydrogen-bond acceptors (Lipinski definition) is 4. The molecule has 2 heterocycles. The van der Waals surface area contributed by atoms with Crippen LogP contribution in [0.5, 0.6) is 5.75 Å². The lowest BCUT2D eigenvalue weighted by Crippen LogP contribution is -2.41. The molecule has 1 aromatic rings. The second-order valence-electron chi connectivity index (χ2n) is 5.82.